The van der Waals surface area contributed by atoms with Crippen molar-refractivity contribution in [2.75, 3.05) is 20.1 Å². The minimum Gasteiger partial charge on any atom is -0.333 e. The molecule has 0 spiro atoms. The number of amides is 1. The summed E-state index contributed by atoms with van der Waals surface area (Å²) in [6.07, 6.45) is 3.71. The highest BCUT2D eigenvalue weighted by molar-refractivity contribution is 5.92. The number of carbonyl (C=O) groups excluding carboxylic acids is 1. The SMILES string of the molecule is CNC[C@H]1CCCN1C(=O)c1ccn(-c2cccc(F)c2)n1. The Labute approximate surface area is 128 Å². The van der Waals surface area contributed by atoms with Crippen LogP contribution in [0.25, 0.3) is 5.69 Å². The van der Waals surface area contributed by atoms with E-state index in [2.05, 4.69) is 10.4 Å². The summed E-state index contributed by atoms with van der Waals surface area (Å²) in [6, 6.07) is 8.05. The Hall–Kier alpha value is -2.21. The predicted molar refractivity (Wildman–Crippen MR) is 81.5 cm³/mol. The average molecular weight is 302 g/mol. The summed E-state index contributed by atoms with van der Waals surface area (Å²) in [5.74, 6) is -0.387. The van der Waals surface area contributed by atoms with Crippen LogP contribution >= 0.6 is 0 Å². The standard InChI is InChI=1S/C16H19FN4O/c1-18-11-14-6-3-8-20(14)16(22)15-7-9-21(19-15)13-5-2-4-12(17)10-13/h2,4-5,7,9-10,14,18H,3,6,8,11H2,1H3/t14-/m1/s1. The quantitative estimate of drug-likeness (QED) is 0.937. The highest BCUT2D eigenvalue weighted by atomic mass is 19.1. The molecule has 0 radical (unpaired) electrons. The molecule has 0 bridgehead atoms. The fourth-order valence-corrected chi connectivity index (χ4v) is 2.90. The second-order valence-electron chi connectivity index (χ2n) is 5.48. The van der Waals surface area contributed by atoms with Gasteiger partial charge in [0.05, 0.1) is 5.69 Å². The summed E-state index contributed by atoms with van der Waals surface area (Å²) in [5, 5.41) is 7.42. The number of carbonyl (C=O) groups is 1. The van der Waals surface area contributed by atoms with Gasteiger partial charge in [0, 0.05) is 25.3 Å². The lowest BCUT2D eigenvalue weighted by molar-refractivity contribution is 0.0730. The Balaban J connectivity index is 1.80. The summed E-state index contributed by atoms with van der Waals surface area (Å²) >= 11 is 0. The summed E-state index contributed by atoms with van der Waals surface area (Å²) in [5.41, 5.74) is 1.000. The van der Waals surface area contributed by atoms with Crippen LogP contribution in [0.2, 0.25) is 0 Å². The minimum atomic E-state index is -0.325. The van der Waals surface area contributed by atoms with Crippen LogP contribution < -0.4 is 5.32 Å². The third kappa shape index (κ3) is 2.87. The summed E-state index contributed by atoms with van der Waals surface area (Å²) in [6.45, 7) is 1.55. The molecule has 6 heteroatoms. The number of hydrogen-bond acceptors (Lipinski definition) is 3. The largest absolute Gasteiger partial charge is 0.333 e. The molecular weight excluding hydrogens is 283 g/mol. The van der Waals surface area contributed by atoms with E-state index in [-0.39, 0.29) is 17.8 Å². The first-order valence-electron chi connectivity index (χ1n) is 7.46. The molecule has 5 nitrogen and oxygen atoms in total. The van der Waals surface area contributed by atoms with Crippen molar-refractivity contribution in [2.45, 2.75) is 18.9 Å². The van der Waals surface area contributed by atoms with Crippen LogP contribution in [-0.2, 0) is 0 Å². The van der Waals surface area contributed by atoms with Gasteiger partial charge in [0.2, 0.25) is 0 Å². The third-order valence-electron chi connectivity index (χ3n) is 3.96. The summed E-state index contributed by atoms with van der Waals surface area (Å²) in [4.78, 5) is 14.5. The van der Waals surface area contributed by atoms with Gasteiger partial charge >= 0.3 is 0 Å². The van der Waals surface area contributed by atoms with Crippen molar-refractivity contribution in [3.8, 4) is 5.69 Å². The molecule has 1 atom stereocenters. The lowest BCUT2D eigenvalue weighted by Gasteiger charge is -2.23. The van der Waals surface area contributed by atoms with Crippen LogP contribution in [0.4, 0.5) is 4.39 Å². The fourth-order valence-electron chi connectivity index (χ4n) is 2.90. The zero-order valence-electron chi connectivity index (χ0n) is 12.5. The molecule has 2 heterocycles. The molecule has 2 aromatic rings. The maximum absolute atomic E-state index is 13.3. The zero-order valence-corrected chi connectivity index (χ0v) is 12.5. The normalized spacial score (nSPS) is 17.9. The first-order valence-corrected chi connectivity index (χ1v) is 7.46. The topological polar surface area (TPSA) is 50.2 Å². The predicted octanol–water partition coefficient (Wildman–Crippen LogP) is 1.84. The molecule has 1 aromatic heterocycles. The zero-order chi connectivity index (χ0) is 15.5. The van der Waals surface area contributed by atoms with E-state index in [4.69, 9.17) is 0 Å². The Bertz CT molecular complexity index is 670. The molecule has 22 heavy (non-hydrogen) atoms. The molecule has 0 unspecified atom stereocenters. The molecular formula is C16H19FN4O. The van der Waals surface area contributed by atoms with Gasteiger partial charge in [-0.25, -0.2) is 9.07 Å². The molecule has 0 aliphatic carbocycles. The lowest BCUT2D eigenvalue weighted by Crippen LogP contribution is -2.41. The third-order valence-corrected chi connectivity index (χ3v) is 3.96. The van der Waals surface area contributed by atoms with E-state index in [1.54, 1.807) is 24.4 Å². The van der Waals surface area contributed by atoms with E-state index in [0.717, 1.165) is 25.9 Å². The van der Waals surface area contributed by atoms with Gasteiger partial charge < -0.3 is 10.2 Å². The van der Waals surface area contributed by atoms with Gasteiger partial charge in [0.15, 0.2) is 5.69 Å². The first-order chi connectivity index (χ1) is 10.7. The van der Waals surface area contributed by atoms with Crippen LogP contribution in [0, 0.1) is 5.82 Å². The van der Waals surface area contributed by atoms with Crippen molar-refractivity contribution in [2.24, 2.45) is 0 Å². The molecule has 1 saturated heterocycles. The Morgan fingerprint density at radius 1 is 1.45 bits per heavy atom. The Kier molecular flexibility index (Phi) is 4.20. The van der Waals surface area contributed by atoms with Crippen LogP contribution in [0.15, 0.2) is 36.5 Å². The van der Waals surface area contributed by atoms with Gasteiger partial charge in [0.25, 0.3) is 5.91 Å². The molecule has 1 aliphatic heterocycles. The van der Waals surface area contributed by atoms with E-state index in [1.165, 1.54) is 16.8 Å². The van der Waals surface area contributed by atoms with Crippen molar-refractivity contribution in [3.63, 3.8) is 0 Å². The van der Waals surface area contributed by atoms with Gasteiger partial charge in [-0.15, -0.1) is 0 Å². The van der Waals surface area contributed by atoms with Crippen LogP contribution in [0.1, 0.15) is 23.3 Å². The molecule has 1 N–H and O–H groups in total. The number of rotatable bonds is 4. The molecule has 1 aromatic carbocycles. The van der Waals surface area contributed by atoms with E-state index >= 15 is 0 Å². The van der Waals surface area contributed by atoms with Crippen molar-refractivity contribution in [1.29, 1.82) is 0 Å². The highest BCUT2D eigenvalue weighted by Crippen LogP contribution is 2.19. The summed E-state index contributed by atoms with van der Waals surface area (Å²) in [7, 11) is 1.89. The number of halogens is 1. The van der Waals surface area contributed by atoms with Gasteiger partial charge in [-0.05, 0) is 44.2 Å². The smallest absolute Gasteiger partial charge is 0.274 e. The minimum absolute atomic E-state index is 0.0621. The number of hydrogen-bond donors (Lipinski definition) is 1. The number of likely N-dealkylation sites (tertiary alicyclic amines) is 1. The van der Waals surface area contributed by atoms with E-state index < -0.39 is 0 Å². The van der Waals surface area contributed by atoms with Crippen molar-refractivity contribution in [3.05, 3.63) is 48.0 Å². The number of aromatic nitrogens is 2. The number of nitrogens with zero attached hydrogens (tertiary/aromatic N) is 3. The van der Waals surface area contributed by atoms with Crippen molar-refractivity contribution in [1.82, 2.24) is 20.0 Å². The van der Waals surface area contributed by atoms with E-state index in [0.29, 0.717) is 11.4 Å². The van der Waals surface area contributed by atoms with Crippen LogP contribution in [-0.4, -0.2) is 46.8 Å². The summed E-state index contributed by atoms with van der Waals surface area (Å²) < 4.78 is 14.8. The lowest BCUT2D eigenvalue weighted by atomic mass is 10.2. The Morgan fingerprint density at radius 2 is 2.32 bits per heavy atom. The molecule has 3 rings (SSSR count). The maximum atomic E-state index is 13.3. The number of likely N-dealkylation sites (N-methyl/N-ethyl adjacent to an activating group) is 1. The maximum Gasteiger partial charge on any atom is 0.274 e. The van der Waals surface area contributed by atoms with Crippen LogP contribution in [0.3, 0.4) is 0 Å². The van der Waals surface area contributed by atoms with Gasteiger partial charge in [0.1, 0.15) is 5.82 Å². The Morgan fingerprint density at radius 3 is 3.09 bits per heavy atom. The van der Waals surface area contributed by atoms with E-state index in [9.17, 15) is 9.18 Å². The van der Waals surface area contributed by atoms with Gasteiger partial charge in [-0.3, -0.25) is 4.79 Å². The second-order valence-corrected chi connectivity index (χ2v) is 5.48. The van der Waals surface area contributed by atoms with Crippen molar-refractivity contribution >= 4 is 5.91 Å². The van der Waals surface area contributed by atoms with Gasteiger partial charge in [-0.1, -0.05) is 6.07 Å². The molecule has 1 aliphatic rings. The molecule has 0 saturated carbocycles. The first kappa shape index (κ1) is 14.7. The molecule has 1 fully saturated rings. The average Bonchev–Trinajstić information content (AvgIpc) is 3.16. The van der Waals surface area contributed by atoms with E-state index in [1.807, 2.05) is 11.9 Å². The fraction of sp³-hybridized carbons (Fsp3) is 0.375. The highest BCUT2D eigenvalue weighted by Gasteiger charge is 2.29. The number of benzene rings is 1. The second kappa shape index (κ2) is 6.27. The molecule has 1 amide bonds. The van der Waals surface area contributed by atoms with Gasteiger partial charge in [-0.2, -0.15) is 5.10 Å². The monoisotopic (exact) mass is 302 g/mol. The van der Waals surface area contributed by atoms with Crippen molar-refractivity contribution < 1.29 is 9.18 Å². The number of nitrogens with one attached hydrogen (secondary N) is 1. The van der Waals surface area contributed by atoms with Crippen LogP contribution in [0.5, 0.6) is 0 Å². The molecule has 116 valence electrons.